The Morgan fingerprint density at radius 2 is 2.22 bits per heavy atom. The lowest BCUT2D eigenvalue weighted by molar-refractivity contribution is -0.111. The van der Waals surface area contributed by atoms with E-state index in [1.807, 2.05) is 31.2 Å². The predicted molar refractivity (Wildman–Crippen MR) is 125 cm³/mol. The molecule has 1 saturated heterocycles. The summed E-state index contributed by atoms with van der Waals surface area (Å²) in [5.41, 5.74) is 3.85. The second-order valence-electron chi connectivity index (χ2n) is 8.00. The van der Waals surface area contributed by atoms with Gasteiger partial charge >= 0.3 is 0 Å². The molecule has 3 aromatic rings. The first-order chi connectivity index (χ1) is 15.7. The lowest BCUT2D eigenvalue weighted by Gasteiger charge is -2.21. The third-order valence-corrected chi connectivity index (χ3v) is 5.80. The summed E-state index contributed by atoms with van der Waals surface area (Å²) < 4.78 is 11.7. The van der Waals surface area contributed by atoms with Crippen molar-refractivity contribution >= 4 is 34.0 Å². The Morgan fingerprint density at radius 1 is 1.31 bits per heavy atom. The highest BCUT2D eigenvalue weighted by molar-refractivity contribution is 6.03. The maximum atomic E-state index is 12.5. The Morgan fingerprint density at radius 3 is 3.06 bits per heavy atom. The van der Waals surface area contributed by atoms with Crippen LogP contribution >= 0.6 is 0 Å². The molecule has 0 aliphatic carbocycles. The van der Waals surface area contributed by atoms with Gasteiger partial charge < -0.3 is 19.7 Å². The van der Waals surface area contributed by atoms with Gasteiger partial charge in [-0.25, -0.2) is 9.97 Å². The molecule has 0 bridgehead atoms. The zero-order valence-corrected chi connectivity index (χ0v) is 18.1. The summed E-state index contributed by atoms with van der Waals surface area (Å²) in [7, 11) is 0. The van der Waals surface area contributed by atoms with Crippen molar-refractivity contribution in [3.63, 3.8) is 0 Å². The first-order valence-corrected chi connectivity index (χ1v) is 11.1. The van der Waals surface area contributed by atoms with Crippen LogP contribution in [-0.2, 0) is 16.0 Å². The molecule has 0 unspecified atom stereocenters. The molecule has 0 saturated carbocycles. The molecular weight excluding hydrogens is 404 g/mol. The number of para-hydroxylation sites is 1. The second-order valence-corrected chi connectivity index (χ2v) is 8.00. The van der Waals surface area contributed by atoms with Crippen LogP contribution in [0.5, 0.6) is 5.75 Å². The van der Waals surface area contributed by atoms with E-state index in [0.717, 1.165) is 48.2 Å². The van der Waals surface area contributed by atoms with Gasteiger partial charge in [0.25, 0.3) is 0 Å². The summed E-state index contributed by atoms with van der Waals surface area (Å²) in [6.07, 6.45) is 7.50. The number of hydrogen-bond acceptors (Lipinski definition) is 6. The van der Waals surface area contributed by atoms with Gasteiger partial charge in [0, 0.05) is 30.1 Å². The summed E-state index contributed by atoms with van der Waals surface area (Å²) >= 11 is 0. The fraction of sp³-hybridized carbons (Fsp3) is 0.320. The van der Waals surface area contributed by atoms with Crippen LogP contribution in [0.15, 0.2) is 54.9 Å². The Kier molecular flexibility index (Phi) is 5.73. The van der Waals surface area contributed by atoms with Crippen LogP contribution in [0.4, 0.5) is 17.2 Å². The van der Waals surface area contributed by atoms with Crippen LogP contribution < -0.4 is 15.0 Å². The molecule has 0 radical (unpaired) electrons. The minimum Gasteiger partial charge on any atom is -0.486 e. The van der Waals surface area contributed by atoms with Gasteiger partial charge in [0.1, 0.15) is 24.0 Å². The van der Waals surface area contributed by atoms with E-state index in [4.69, 9.17) is 9.47 Å². The monoisotopic (exact) mass is 430 g/mol. The summed E-state index contributed by atoms with van der Waals surface area (Å²) in [5.74, 6) is 1.23. The largest absolute Gasteiger partial charge is 0.486 e. The number of anilines is 3. The molecule has 2 aromatic carbocycles. The van der Waals surface area contributed by atoms with Crippen LogP contribution in [0.3, 0.4) is 0 Å². The molecule has 7 heteroatoms. The van der Waals surface area contributed by atoms with Gasteiger partial charge in [-0.15, -0.1) is 0 Å². The first kappa shape index (κ1) is 20.5. The Bertz CT molecular complexity index is 1170. The van der Waals surface area contributed by atoms with Gasteiger partial charge in [-0.1, -0.05) is 31.2 Å². The number of allylic oxidation sites excluding steroid dienone is 1. The Labute approximate surface area is 187 Å². The number of amides is 1. The number of rotatable bonds is 6. The SMILES string of the molecule is CC/C=C/C(=O)Nc1cc2c(N3CCc4ccccc43)ncnc2cc1O[C@@H]1CCOC1. The van der Waals surface area contributed by atoms with E-state index in [1.165, 1.54) is 5.56 Å². The van der Waals surface area contributed by atoms with E-state index >= 15 is 0 Å². The second kappa shape index (κ2) is 8.96. The van der Waals surface area contributed by atoms with Crippen molar-refractivity contribution in [1.82, 2.24) is 9.97 Å². The molecule has 2 aliphatic rings. The zero-order chi connectivity index (χ0) is 21.9. The normalized spacial score (nSPS) is 17.8. The molecule has 2 aliphatic heterocycles. The lowest BCUT2D eigenvalue weighted by Crippen LogP contribution is -2.18. The van der Waals surface area contributed by atoms with E-state index in [1.54, 1.807) is 12.4 Å². The molecule has 1 fully saturated rings. The third kappa shape index (κ3) is 4.03. The van der Waals surface area contributed by atoms with Gasteiger partial charge in [0.15, 0.2) is 0 Å². The molecular formula is C25H26N4O3. The standard InChI is InChI=1S/C25H26N4O3/c1-2-3-8-24(30)28-21-13-19-20(14-23(21)32-18-10-12-31-15-18)26-16-27-25(19)29-11-9-17-6-4-5-7-22(17)29/h3-8,13-14,16,18H,2,9-12,15H2,1H3,(H,28,30)/b8-3+/t18-/m1/s1. The van der Waals surface area contributed by atoms with E-state index < -0.39 is 0 Å². The van der Waals surface area contributed by atoms with E-state index in [9.17, 15) is 4.79 Å². The molecule has 5 rings (SSSR count). The maximum absolute atomic E-state index is 12.5. The van der Waals surface area contributed by atoms with Crippen molar-refractivity contribution < 1.29 is 14.3 Å². The molecule has 1 atom stereocenters. The van der Waals surface area contributed by atoms with Gasteiger partial charge in [-0.3, -0.25) is 4.79 Å². The van der Waals surface area contributed by atoms with Crippen molar-refractivity contribution in [2.24, 2.45) is 0 Å². The van der Waals surface area contributed by atoms with E-state index in [-0.39, 0.29) is 12.0 Å². The number of nitrogens with one attached hydrogen (secondary N) is 1. The molecule has 1 N–H and O–H groups in total. The number of ether oxygens (including phenoxy) is 2. The number of carbonyl (C=O) groups excluding carboxylic acids is 1. The zero-order valence-electron chi connectivity index (χ0n) is 18.1. The van der Waals surface area contributed by atoms with Gasteiger partial charge in [-0.2, -0.15) is 0 Å². The fourth-order valence-corrected chi connectivity index (χ4v) is 4.22. The average molecular weight is 431 g/mol. The number of nitrogens with zero attached hydrogens (tertiary/aromatic N) is 3. The molecule has 7 nitrogen and oxygen atoms in total. The van der Waals surface area contributed by atoms with Crippen molar-refractivity contribution in [2.75, 3.05) is 30.0 Å². The topological polar surface area (TPSA) is 76.6 Å². The highest BCUT2D eigenvalue weighted by Gasteiger charge is 2.25. The molecule has 3 heterocycles. The number of benzene rings is 2. The molecule has 0 spiro atoms. The highest BCUT2D eigenvalue weighted by Crippen LogP contribution is 2.39. The minimum atomic E-state index is -0.191. The van der Waals surface area contributed by atoms with Crippen molar-refractivity contribution in [3.8, 4) is 5.75 Å². The number of fused-ring (bicyclic) bond motifs is 2. The van der Waals surface area contributed by atoms with Crippen molar-refractivity contribution in [2.45, 2.75) is 32.3 Å². The molecule has 1 amide bonds. The first-order valence-electron chi connectivity index (χ1n) is 11.1. The average Bonchev–Trinajstić information content (AvgIpc) is 3.47. The fourth-order valence-electron chi connectivity index (χ4n) is 4.22. The summed E-state index contributed by atoms with van der Waals surface area (Å²) in [4.78, 5) is 23.8. The predicted octanol–water partition coefficient (Wildman–Crippen LogP) is 4.40. The van der Waals surface area contributed by atoms with Gasteiger partial charge in [-0.05, 0) is 36.6 Å². The van der Waals surface area contributed by atoms with Crippen molar-refractivity contribution in [3.05, 3.63) is 60.4 Å². The van der Waals surface area contributed by atoms with Gasteiger partial charge in [0.05, 0.1) is 24.4 Å². The summed E-state index contributed by atoms with van der Waals surface area (Å²) in [6.45, 7) is 4.07. The summed E-state index contributed by atoms with van der Waals surface area (Å²) in [6, 6.07) is 12.2. The van der Waals surface area contributed by atoms with Crippen LogP contribution in [0.25, 0.3) is 10.9 Å². The van der Waals surface area contributed by atoms with Crippen molar-refractivity contribution in [1.29, 1.82) is 0 Å². The van der Waals surface area contributed by atoms with Crippen LogP contribution in [0, 0.1) is 0 Å². The highest BCUT2D eigenvalue weighted by atomic mass is 16.5. The van der Waals surface area contributed by atoms with Crippen LogP contribution in [0.1, 0.15) is 25.3 Å². The third-order valence-electron chi connectivity index (χ3n) is 5.80. The van der Waals surface area contributed by atoms with E-state index in [0.29, 0.717) is 24.7 Å². The minimum absolute atomic E-state index is 0.0407. The quantitative estimate of drug-likeness (QED) is 0.585. The van der Waals surface area contributed by atoms with E-state index in [2.05, 4.69) is 38.4 Å². The molecule has 1 aromatic heterocycles. The van der Waals surface area contributed by atoms with Crippen LogP contribution in [-0.4, -0.2) is 41.7 Å². The number of aromatic nitrogens is 2. The molecule has 32 heavy (non-hydrogen) atoms. The Hall–Kier alpha value is -3.45. The lowest BCUT2D eigenvalue weighted by atomic mass is 10.1. The number of carbonyl (C=O) groups is 1. The van der Waals surface area contributed by atoms with Crippen LogP contribution in [0.2, 0.25) is 0 Å². The number of hydrogen-bond donors (Lipinski definition) is 1. The Balaban J connectivity index is 1.57. The maximum Gasteiger partial charge on any atom is 0.248 e. The smallest absolute Gasteiger partial charge is 0.248 e. The van der Waals surface area contributed by atoms with Gasteiger partial charge in [0.2, 0.25) is 5.91 Å². The summed E-state index contributed by atoms with van der Waals surface area (Å²) in [5, 5.41) is 3.85. The molecule has 164 valence electrons.